The van der Waals surface area contributed by atoms with Gasteiger partial charge in [0, 0.05) is 50.7 Å². The van der Waals surface area contributed by atoms with E-state index in [1.54, 1.807) is 27.7 Å². The maximum Gasteiger partial charge on any atom is 0.202 e. The lowest BCUT2D eigenvalue weighted by Crippen LogP contribution is -2.58. The van der Waals surface area contributed by atoms with Gasteiger partial charge >= 0.3 is 0 Å². The van der Waals surface area contributed by atoms with Gasteiger partial charge in [-0.2, -0.15) is 0 Å². The number of aromatic hydroxyl groups is 2. The van der Waals surface area contributed by atoms with Gasteiger partial charge in [-0.1, -0.05) is 0 Å². The number of ether oxygens (including phenoxy) is 11. The fourth-order valence-electron chi connectivity index (χ4n) is 11.3. The molecule has 2 aromatic carbocycles. The molecule has 5 fully saturated rings. The average molecular weight is 1090 g/mol. The van der Waals surface area contributed by atoms with Crippen molar-refractivity contribution in [2.75, 3.05) is 7.11 Å². The largest absolute Gasteiger partial charge is 0.507 e. The molecule has 25 atom stereocenters. The Labute approximate surface area is 439 Å². The number of phenols is 2. The van der Waals surface area contributed by atoms with Crippen LogP contribution in [0.4, 0.5) is 0 Å². The molecule has 0 amide bonds. The van der Waals surface area contributed by atoms with E-state index >= 15 is 4.79 Å². The van der Waals surface area contributed by atoms with Crippen molar-refractivity contribution in [1.29, 1.82) is 0 Å². The monoisotopic (exact) mass is 1080 g/mol. The number of benzene rings is 2. The van der Waals surface area contributed by atoms with E-state index in [9.17, 15) is 61.0 Å². The second kappa shape index (κ2) is 23.4. The summed E-state index contributed by atoms with van der Waals surface area (Å²) in [7, 11) is 1.18. The lowest BCUT2D eigenvalue weighted by molar-refractivity contribution is -0.334. The molecule has 24 nitrogen and oxygen atoms in total. The molecule has 11 N–H and O–H groups in total. The highest BCUT2D eigenvalue weighted by Crippen LogP contribution is 2.47. The quantitative estimate of drug-likeness (QED) is 0.110. The van der Waals surface area contributed by atoms with Gasteiger partial charge in [0.25, 0.3) is 0 Å². The smallest absolute Gasteiger partial charge is 0.202 e. The first-order valence-corrected chi connectivity index (χ1v) is 26.0. The lowest BCUT2D eigenvalue weighted by atomic mass is 9.75. The second-order valence-corrected chi connectivity index (χ2v) is 21.7. The standard InChI is InChI=1S/C52H76O24/c1-18-29(72-34-14-30(43(58)21(4)68-34)73-33-13-28(54)42(57)20(3)67-33)12-26-10-25-11-27(49(66-9)48(63)41(56)19(2)53)50(47(62)39(25)46(61)38(26)40(18)55)76-36-16-31(44(59)23(6)70-36)74-35-15-32(45(60)22(5)69-35)75-37-17-52(8,65)51(64)24(7)71-37/h10,12,19-24,27-28,30-37,41-45,49-51,53-61,64-65H,11,13-17H2,1-9H3/t19-,20+,21-,22+,23-,24-,27-,28+,30-,31-,32+,33-,34+,35-,36+,37+,41-,42+,43-,44-,45+,49-,50-,51-,52+/m1/s1. The minimum absolute atomic E-state index is 0.0365. The lowest BCUT2D eigenvalue weighted by Gasteiger charge is -2.46. The fraction of sp³-hybridized carbons (Fsp3) is 0.769. The van der Waals surface area contributed by atoms with Crippen LogP contribution in [0, 0.1) is 12.8 Å². The van der Waals surface area contributed by atoms with E-state index in [1.807, 2.05) is 0 Å². The number of aliphatic hydroxyl groups is 9. The van der Waals surface area contributed by atoms with Gasteiger partial charge in [-0.3, -0.25) is 9.59 Å². The van der Waals surface area contributed by atoms with Crippen LogP contribution in [0.5, 0.6) is 17.2 Å². The van der Waals surface area contributed by atoms with Crippen LogP contribution in [0.15, 0.2) is 12.1 Å². The number of methoxy groups -OCH3 is 1. The predicted octanol–water partition coefficient (Wildman–Crippen LogP) is -0.249. The molecule has 8 rings (SSSR count). The minimum atomic E-state index is -1.95. The Balaban J connectivity index is 1.04. The third-order valence-corrected chi connectivity index (χ3v) is 15.9. The SMILES string of the molecule is CO[C@@H](C(=O)[C@H](O)[C@@H](C)O)[C@H]1Cc2cc3cc(O[C@H]4C[C@@H](O[C@@H]5C[C@H](O)[C@@H](O)[C@H](C)O5)[C@H](O)[C@@H](C)O4)c(C)c(O)c3c(O)c2C(=O)[C@@H]1O[C@H]1C[C@@H](O[C@@H]2C[C@H](O[C@H]3C[C@](C)(O)[C@H](O)[C@@H](C)O3)[C@@H](O)[C@H](C)O2)[C@H](O)[C@@H](C)O1. The Bertz CT molecular complexity index is 2350. The van der Waals surface area contributed by atoms with Gasteiger partial charge in [0.05, 0.1) is 77.6 Å². The van der Waals surface area contributed by atoms with Crippen LogP contribution in [0.2, 0.25) is 0 Å². The highest BCUT2D eigenvalue weighted by Gasteiger charge is 2.51. The number of hydrogen-bond acceptors (Lipinski definition) is 24. The van der Waals surface area contributed by atoms with Crippen molar-refractivity contribution in [3.8, 4) is 17.2 Å². The summed E-state index contributed by atoms with van der Waals surface area (Å²) in [5, 5.41) is 120. The van der Waals surface area contributed by atoms with E-state index in [0.717, 1.165) is 0 Å². The van der Waals surface area contributed by atoms with Crippen molar-refractivity contribution in [3.63, 3.8) is 0 Å². The van der Waals surface area contributed by atoms with Gasteiger partial charge in [-0.25, -0.2) is 0 Å². The van der Waals surface area contributed by atoms with E-state index in [2.05, 4.69) is 0 Å². The van der Waals surface area contributed by atoms with Gasteiger partial charge in [0.15, 0.2) is 36.7 Å². The molecule has 0 unspecified atom stereocenters. The summed E-state index contributed by atoms with van der Waals surface area (Å²) in [5.74, 6) is -4.07. The molecule has 0 bridgehead atoms. The summed E-state index contributed by atoms with van der Waals surface area (Å²) >= 11 is 0. The summed E-state index contributed by atoms with van der Waals surface area (Å²) in [6.45, 7) is 12.1. The molecule has 1 aliphatic carbocycles. The molecule has 24 heteroatoms. The first-order valence-electron chi connectivity index (χ1n) is 26.0. The molecule has 0 aromatic heterocycles. The van der Waals surface area contributed by atoms with Crippen molar-refractivity contribution in [3.05, 3.63) is 28.8 Å². The zero-order valence-electron chi connectivity index (χ0n) is 44.0. The van der Waals surface area contributed by atoms with E-state index < -0.39 is 176 Å². The highest BCUT2D eigenvalue weighted by atomic mass is 16.7. The maximum absolute atomic E-state index is 15.0. The van der Waals surface area contributed by atoms with Gasteiger partial charge in [-0.05, 0) is 84.9 Å². The van der Waals surface area contributed by atoms with Crippen LogP contribution in [0.1, 0.15) is 102 Å². The predicted molar refractivity (Wildman–Crippen MR) is 259 cm³/mol. The molecule has 5 aliphatic heterocycles. The van der Waals surface area contributed by atoms with Crippen LogP contribution >= 0.6 is 0 Å². The molecule has 76 heavy (non-hydrogen) atoms. The van der Waals surface area contributed by atoms with Crippen LogP contribution < -0.4 is 4.74 Å². The zero-order chi connectivity index (χ0) is 55.6. The molecule has 5 saturated heterocycles. The molecule has 0 spiro atoms. The third-order valence-electron chi connectivity index (χ3n) is 15.9. The summed E-state index contributed by atoms with van der Waals surface area (Å²) in [6, 6.07) is 3.03. The Kier molecular flexibility index (Phi) is 18.1. The topological polar surface area (TPSA) is 358 Å². The molecular formula is C52H76O24. The van der Waals surface area contributed by atoms with E-state index in [4.69, 9.17) is 52.1 Å². The van der Waals surface area contributed by atoms with Crippen LogP contribution in [0.3, 0.4) is 0 Å². The van der Waals surface area contributed by atoms with E-state index in [-0.39, 0.29) is 71.7 Å². The zero-order valence-corrected chi connectivity index (χ0v) is 44.0. The fourth-order valence-corrected chi connectivity index (χ4v) is 11.3. The molecule has 5 heterocycles. The molecule has 6 aliphatic rings. The number of fused-ring (bicyclic) bond motifs is 2. The number of rotatable bonds is 15. The highest BCUT2D eigenvalue weighted by molar-refractivity contribution is 6.11. The number of aliphatic hydroxyl groups excluding tert-OH is 8. The number of carbonyl (C=O) groups excluding carboxylic acids is 2. The summed E-state index contributed by atoms with van der Waals surface area (Å²) in [6.07, 6.45) is -27.0. The van der Waals surface area contributed by atoms with E-state index in [0.29, 0.717) is 0 Å². The first-order chi connectivity index (χ1) is 35.7. The number of ketones is 2. The number of hydrogen-bond donors (Lipinski definition) is 11. The van der Waals surface area contributed by atoms with Crippen molar-refractivity contribution < 1.29 is 118 Å². The summed E-state index contributed by atoms with van der Waals surface area (Å²) in [4.78, 5) is 28.9. The van der Waals surface area contributed by atoms with Crippen LogP contribution in [-0.2, 0) is 58.6 Å². The second-order valence-electron chi connectivity index (χ2n) is 21.7. The number of Topliss-reactive ketones (excluding diaryl/α,β-unsaturated/α-hetero) is 2. The van der Waals surface area contributed by atoms with Crippen molar-refractivity contribution in [2.24, 2.45) is 5.92 Å². The average Bonchev–Trinajstić information content (AvgIpc) is 3.38. The first kappa shape index (κ1) is 58.8. The molecule has 0 saturated carbocycles. The maximum atomic E-state index is 15.0. The molecule has 2 aromatic rings. The van der Waals surface area contributed by atoms with Gasteiger partial charge in [-0.15, -0.1) is 0 Å². The Morgan fingerprint density at radius 1 is 0.684 bits per heavy atom. The van der Waals surface area contributed by atoms with Gasteiger partial charge in [0.2, 0.25) is 6.29 Å². The minimum Gasteiger partial charge on any atom is -0.507 e. The molecular weight excluding hydrogens is 1010 g/mol. The Morgan fingerprint density at radius 2 is 1.17 bits per heavy atom. The number of carbonyl (C=O) groups is 2. The van der Waals surface area contributed by atoms with Crippen LogP contribution in [0.25, 0.3) is 10.8 Å². The third kappa shape index (κ3) is 11.9. The summed E-state index contributed by atoms with van der Waals surface area (Å²) < 4.78 is 66.5. The Hall–Kier alpha value is -3.32. The van der Waals surface area contributed by atoms with Crippen molar-refractivity contribution in [1.82, 2.24) is 0 Å². The van der Waals surface area contributed by atoms with E-state index in [1.165, 1.54) is 46.9 Å². The Morgan fingerprint density at radius 3 is 1.70 bits per heavy atom. The normalized spacial score (nSPS) is 42.5. The van der Waals surface area contributed by atoms with Gasteiger partial charge in [0.1, 0.15) is 66.1 Å². The molecule has 0 radical (unpaired) electrons. The summed E-state index contributed by atoms with van der Waals surface area (Å²) in [5.41, 5.74) is -1.47. The van der Waals surface area contributed by atoms with Crippen molar-refractivity contribution >= 4 is 22.3 Å². The molecule has 428 valence electrons. The van der Waals surface area contributed by atoms with Gasteiger partial charge < -0.3 is 108 Å². The van der Waals surface area contributed by atoms with Crippen LogP contribution in [-0.4, -0.2) is 222 Å². The number of phenolic OH excluding ortho intramolecular Hbond substituents is 2. The van der Waals surface area contributed by atoms with Crippen molar-refractivity contribution in [2.45, 2.75) is 241 Å².